The molecule has 1 aromatic heterocycles. The third-order valence-electron chi connectivity index (χ3n) is 5.47. The molecule has 138 valence electrons. The molecule has 2 aliphatic rings. The van der Waals surface area contributed by atoms with Crippen LogP contribution >= 0.6 is 11.6 Å². The van der Waals surface area contributed by atoms with Gasteiger partial charge in [0.1, 0.15) is 0 Å². The lowest BCUT2D eigenvalue weighted by atomic mass is 10.1. The van der Waals surface area contributed by atoms with Crippen molar-refractivity contribution < 1.29 is 0 Å². The van der Waals surface area contributed by atoms with E-state index in [-0.39, 0.29) is 0 Å². The van der Waals surface area contributed by atoms with Crippen LogP contribution in [0.4, 0.5) is 5.95 Å². The molecule has 0 saturated carbocycles. The summed E-state index contributed by atoms with van der Waals surface area (Å²) in [6, 6.07) is 10.8. The normalized spacial score (nSPS) is 22.1. The van der Waals surface area contributed by atoms with E-state index >= 15 is 0 Å². The number of aryl methyl sites for hydroxylation is 1. The van der Waals surface area contributed by atoms with Gasteiger partial charge in [0.2, 0.25) is 5.95 Å². The largest absolute Gasteiger partial charge is 0.339 e. The molecule has 0 aliphatic carbocycles. The number of benzene rings is 1. The molecule has 1 unspecified atom stereocenters. The molecule has 0 amide bonds. The van der Waals surface area contributed by atoms with E-state index in [9.17, 15) is 0 Å². The van der Waals surface area contributed by atoms with Crippen molar-refractivity contribution in [3.8, 4) is 0 Å². The van der Waals surface area contributed by atoms with Gasteiger partial charge in [0.15, 0.2) is 0 Å². The Morgan fingerprint density at radius 3 is 2.54 bits per heavy atom. The lowest BCUT2D eigenvalue weighted by Crippen LogP contribution is -2.50. The first-order valence-corrected chi connectivity index (χ1v) is 9.80. The molecule has 3 heterocycles. The Labute approximate surface area is 160 Å². The molecule has 0 bridgehead atoms. The zero-order valence-corrected chi connectivity index (χ0v) is 16.1. The van der Waals surface area contributed by atoms with Crippen LogP contribution in [0.1, 0.15) is 17.7 Å². The lowest BCUT2D eigenvalue weighted by molar-refractivity contribution is 0.0987. The molecule has 4 rings (SSSR count). The van der Waals surface area contributed by atoms with Gasteiger partial charge in [-0.1, -0.05) is 23.7 Å². The highest BCUT2D eigenvalue weighted by atomic mass is 35.5. The first-order valence-electron chi connectivity index (χ1n) is 9.43. The van der Waals surface area contributed by atoms with E-state index in [0.29, 0.717) is 6.04 Å². The Morgan fingerprint density at radius 2 is 1.81 bits per heavy atom. The highest BCUT2D eigenvalue weighted by Crippen LogP contribution is 2.22. The highest BCUT2D eigenvalue weighted by molar-refractivity contribution is 6.30. The van der Waals surface area contributed by atoms with Gasteiger partial charge in [-0.05, 0) is 37.1 Å². The second-order valence-electron chi connectivity index (χ2n) is 7.33. The lowest BCUT2D eigenvalue weighted by Gasteiger charge is -2.38. The van der Waals surface area contributed by atoms with Crippen molar-refractivity contribution in [2.45, 2.75) is 25.9 Å². The van der Waals surface area contributed by atoms with Crippen molar-refractivity contribution in [2.24, 2.45) is 0 Å². The number of anilines is 1. The first-order chi connectivity index (χ1) is 12.7. The van der Waals surface area contributed by atoms with Crippen LogP contribution in [0, 0.1) is 6.92 Å². The average Bonchev–Trinajstić information content (AvgIpc) is 3.14. The van der Waals surface area contributed by atoms with E-state index in [1.165, 1.54) is 12.0 Å². The van der Waals surface area contributed by atoms with Gasteiger partial charge in [0, 0.05) is 68.8 Å². The number of hydrogen-bond donors (Lipinski definition) is 0. The van der Waals surface area contributed by atoms with Gasteiger partial charge < -0.3 is 4.90 Å². The topological polar surface area (TPSA) is 35.5 Å². The smallest absolute Gasteiger partial charge is 0.225 e. The fraction of sp³-hybridized carbons (Fsp3) is 0.500. The Morgan fingerprint density at radius 1 is 1.04 bits per heavy atom. The Bertz CT molecular complexity index is 727. The van der Waals surface area contributed by atoms with Crippen LogP contribution in [-0.2, 0) is 6.54 Å². The Hall–Kier alpha value is -1.69. The fourth-order valence-electron chi connectivity index (χ4n) is 3.94. The van der Waals surface area contributed by atoms with Crippen LogP contribution < -0.4 is 4.90 Å². The maximum Gasteiger partial charge on any atom is 0.225 e. The standard InChI is InChI=1S/C20H26ClN5/c1-16-6-8-22-20(23-16)26-9-7-19(15-26)25-12-10-24(11-13-25)14-17-2-4-18(21)5-3-17/h2-6,8,19H,7,9-15H2,1H3. The van der Waals surface area contributed by atoms with Crippen LogP contribution in [-0.4, -0.2) is 65.1 Å². The predicted octanol–water partition coefficient (Wildman–Crippen LogP) is 2.83. The molecule has 6 heteroatoms. The van der Waals surface area contributed by atoms with Crippen molar-refractivity contribution >= 4 is 17.5 Å². The second-order valence-corrected chi connectivity index (χ2v) is 7.76. The fourth-order valence-corrected chi connectivity index (χ4v) is 4.07. The average molecular weight is 372 g/mol. The van der Waals surface area contributed by atoms with Crippen molar-refractivity contribution in [2.75, 3.05) is 44.2 Å². The summed E-state index contributed by atoms with van der Waals surface area (Å²) in [5.41, 5.74) is 2.38. The molecule has 2 aliphatic heterocycles. The molecular weight excluding hydrogens is 346 g/mol. The number of piperazine rings is 1. The SMILES string of the molecule is Cc1ccnc(N2CCC(N3CCN(Cc4ccc(Cl)cc4)CC3)C2)n1. The molecule has 2 saturated heterocycles. The van der Waals surface area contributed by atoms with Crippen LogP contribution in [0.15, 0.2) is 36.5 Å². The molecule has 26 heavy (non-hydrogen) atoms. The predicted molar refractivity (Wildman–Crippen MR) is 106 cm³/mol. The number of rotatable bonds is 4. The van der Waals surface area contributed by atoms with Crippen molar-refractivity contribution in [1.29, 1.82) is 0 Å². The summed E-state index contributed by atoms with van der Waals surface area (Å²) in [4.78, 5) is 16.5. The van der Waals surface area contributed by atoms with Gasteiger partial charge in [-0.15, -0.1) is 0 Å². The summed E-state index contributed by atoms with van der Waals surface area (Å²) >= 11 is 5.98. The van der Waals surface area contributed by atoms with Gasteiger partial charge in [0.25, 0.3) is 0 Å². The van der Waals surface area contributed by atoms with Gasteiger partial charge in [0.05, 0.1) is 0 Å². The Balaban J connectivity index is 1.28. The quantitative estimate of drug-likeness (QED) is 0.825. The summed E-state index contributed by atoms with van der Waals surface area (Å²) in [5, 5.41) is 0.807. The van der Waals surface area contributed by atoms with E-state index in [0.717, 1.165) is 62.5 Å². The zero-order valence-electron chi connectivity index (χ0n) is 15.3. The maximum atomic E-state index is 5.98. The summed E-state index contributed by atoms with van der Waals surface area (Å²) in [7, 11) is 0. The maximum absolute atomic E-state index is 5.98. The van der Waals surface area contributed by atoms with E-state index < -0.39 is 0 Å². The van der Waals surface area contributed by atoms with Gasteiger partial charge in [-0.3, -0.25) is 9.80 Å². The van der Waals surface area contributed by atoms with E-state index in [1.54, 1.807) is 0 Å². The number of halogens is 1. The molecule has 2 aromatic rings. The van der Waals surface area contributed by atoms with Crippen LogP contribution in [0.3, 0.4) is 0 Å². The van der Waals surface area contributed by atoms with Crippen molar-refractivity contribution in [1.82, 2.24) is 19.8 Å². The molecule has 0 N–H and O–H groups in total. The van der Waals surface area contributed by atoms with Gasteiger partial charge >= 0.3 is 0 Å². The molecule has 0 radical (unpaired) electrons. The van der Waals surface area contributed by atoms with Crippen LogP contribution in [0.25, 0.3) is 0 Å². The minimum absolute atomic E-state index is 0.622. The summed E-state index contributed by atoms with van der Waals surface area (Å²) in [6.45, 7) is 9.67. The number of hydrogen-bond acceptors (Lipinski definition) is 5. The molecule has 1 atom stereocenters. The van der Waals surface area contributed by atoms with Crippen LogP contribution in [0.2, 0.25) is 5.02 Å². The van der Waals surface area contributed by atoms with Crippen molar-refractivity contribution in [3.05, 3.63) is 52.8 Å². The molecule has 0 spiro atoms. The van der Waals surface area contributed by atoms with Gasteiger partial charge in [-0.2, -0.15) is 0 Å². The highest BCUT2D eigenvalue weighted by Gasteiger charge is 2.31. The van der Waals surface area contributed by atoms with E-state index in [4.69, 9.17) is 11.6 Å². The summed E-state index contributed by atoms with van der Waals surface area (Å²) < 4.78 is 0. The summed E-state index contributed by atoms with van der Waals surface area (Å²) in [6.07, 6.45) is 3.06. The zero-order chi connectivity index (χ0) is 17.9. The molecular formula is C20H26ClN5. The number of nitrogens with zero attached hydrogens (tertiary/aromatic N) is 5. The van der Waals surface area contributed by atoms with E-state index in [1.807, 2.05) is 31.3 Å². The number of aromatic nitrogens is 2. The molecule has 1 aromatic carbocycles. The van der Waals surface area contributed by atoms with Gasteiger partial charge in [-0.25, -0.2) is 9.97 Å². The Kier molecular flexibility index (Phi) is 5.38. The first kappa shape index (κ1) is 17.7. The third-order valence-corrected chi connectivity index (χ3v) is 5.72. The minimum Gasteiger partial charge on any atom is -0.339 e. The van der Waals surface area contributed by atoms with Crippen molar-refractivity contribution in [3.63, 3.8) is 0 Å². The van der Waals surface area contributed by atoms with Crippen LogP contribution in [0.5, 0.6) is 0 Å². The monoisotopic (exact) mass is 371 g/mol. The summed E-state index contributed by atoms with van der Waals surface area (Å²) in [5.74, 6) is 0.883. The van der Waals surface area contributed by atoms with E-state index in [2.05, 4.69) is 36.8 Å². The molecule has 5 nitrogen and oxygen atoms in total. The minimum atomic E-state index is 0.622. The second kappa shape index (κ2) is 7.91. The third kappa shape index (κ3) is 4.17. The molecule has 2 fully saturated rings.